The predicted octanol–water partition coefficient (Wildman–Crippen LogP) is 4.72. The molecule has 1 aromatic heterocycles. The lowest BCUT2D eigenvalue weighted by Crippen LogP contribution is -2.14. The average Bonchev–Trinajstić information content (AvgIpc) is 3.07. The molecule has 26 heavy (non-hydrogen) atoms. The Morgan fingerprint density at radius 1 is 1.00 bits per heavy atom. The van der Waals surface area contributed by atoms with Gasteiger partial charge in [0.2, 0.25) is 0 Å². The maximum absolute atomic E-state index is 12.2. The van der Waals surface area contributed by atoms with Crippen molar-refractivity contribution in [2.75, 3.05) is 6.61 Å². The fourth-order valence-electron chi connectivity index (χ4n) is 2.62. The number of nitrogens with zero attached hydrogens (tertiary/aromatic N) is 1. The number of ether oxygens (including phenoxy) is 1. The van der Waals surface area contributed by atoms with Crippen LogP contribution in [0.1, 0.15) is 37.5 Å². The van der Waals surface area contributed by atoms with Crippen molar-refractivity contribution in [2.45, 2.75) is 20.3 Å². The molecule has 0 aliphatic rings. The monoisotopic (exact) mass is 365 g/mol. The van der Waals surface area contributed by atoms with E-state index in [0.717, 1.165) is 22.7 Å². The largest absolute Gasteiger partial charge is 0.454 e. The number of thiazole rings is 1. The van der Waals surface area contributed by atoms with Gasteiger partial charge in [0, 0.05) is 16.0 Å². The van der Waals surface area contributed by atoms with Gasteiger partial charge in [0.1, 0.15) is 0 Å². The molecule has 3 aromatic rings. The third kappa shape index (κ3) is 4.06. The molecule has 0 aliphatic heterocycles. The first-order chi connectivity index (χ1) is 12.6. The molecule has 0 atom stereocenters. The SMILES string of the molecule is CCc1sc(C)nc1-c1ccc(C(=O)OCC(=O)c2ccccc2)cc1. The lowest BCUT2D eigenvalue weighted by molar-refractivity contribution is 0.0475. The maximum Gasteiger partial charge on any atom is 0.338 e. The van der Waals surface area contributed by atoms with Gasteiger partial charge in [0.05, 0.1) is 16.3 Å². The first-order valence-corrected chi connectivity index (χ1v) is 9.22. The summed E-state index contributed by atoms with van der Waals surface area (Å²) < 4.78 is 5.14. The van der Waals surface area contributed by atoms with Crippen molar-refractivity contribution in [1.82, 2.24) is 4.98 Å². The minimum Gasteiger partial charge on any atom is -0.454 e. The van der Waals surface area contributed by atoms with Gasteiger partial charge in [0.25, 0.3) is 0 Å². The van der Waals surface area contributed by atoms with Crippen molar-refractivity contribution in [3.05, 3.63) is 75.6 Å². The van der Waals surface area contributed by atoms with E-state index in [-0.39, 0.29) is 12.4 Å². The highest BCUT2D eigenvalue weighted by Crippen LogP contribution is 2.28. The Bertz CT molecular complexity index is 914. The molecule has 1 heterocycles. The van der Waals surface area contributed by atoms with E-state index in [1.54, 1.807) is 47.7 Å². The second-order valence-electron chi connectivity index (χ2n) is 5.80. The van der Waals surface area contributed by atoms with Gasteiger partial charge in [-0.1, -0.05) is 49.4 Å². The molecule has 0 radical (unpaired) electrons. The van der Waals surface area contributed by atoms with E-state index in [9.17, 15) is 9.59 Å². The van der Waals surface area contributed by atoms with Crippen LogP contribution in [0.2, 0.25) is 0 Å². The molecule has 0 fully saturated rings. The van der Waals surface area contributed by atoms with Gasteiger partial charge in [-0.3, -0.25) is 4.79 Å². The summed E-state index contributed by atoms with van der Waals surface area (Å²) in [5.74, 6) is -0.730. The molecule has 0 N–H and O–H groups in total. The van der Waals surface area contributed by atoms with E-state index in [2.05, 4.69) is 11.9 Å². The molecule has 3 rings (SSSR count). The number of benzene rings is 2. The molecule has 4 nitrogen and oxygen atoms in total. The average molecular weight is 365 g/mol. The summed E-state index contributed by atoms with van der Waals surface area (Å²) in [6, 6.07) is 15.9. The molecule has 0 unspecified atom stereocenters. The van der Waals surface area contributed by atoms with Gasteiger partial charge in [-0.2, -0.15) is 0 Å². The Kier molecular flexibility index (Phi) is 5.58. The van der Waals surface area contributed by atoms with Crippen LogP contribution in [-0.4, -0.2) is 23.3 Å². The normalized spacial score (nSPS) is 10.5. The van der Waals surface area contributed by atoms with Crippen LogP contribution in [0.25, 0.3) is 11.3 Å². The minimum absolute atomic E-state index is 0.221. The zero-order valence-corrected chi connectivity index (χ0v) is 15.5. The maximum atomic E-state index is 12.2. The van der Waals surface area contributed by atoms with Crippen LogP contribution in [0.4, 0.5) is 0 Å². The van der Waals surface area contributed by atoms with Crippen molar-refractivity contribution < 1.29 is 14.3 Å². The van der Waals surface area contributed by atoms with E-state index in [1.807, 2.05) is 25.1 Å². The molecule has 132 valence electrons. The van der Waals surface area contributed by atoms with E-state index in [4.69, 9.17) is 4.74 Å². The molecule has 5 heteroatoms. The summed E-state index contributed by atoms with van der Waals surface area (Å²) in [5.41, 5.74) is 2.89. The van der Waals surface area contributed by atoms with Gasteiger partial charge < -0.3 is 4.74 Å². The Labute approximate surface area is 156 Å². The number of aromatic nitrogens is 1. The number of esters is 1. The zero-order valence-electron chi connectivity index (χ0n) is 14.7. The Hall–Kier alpha value is -2.79. The summed E-state index contributed by atoms with van der Waals surface area (Å²) >= 11 is 1.69. The highest BCUT2D eigenvalue weighted by atomic mass is 32.1. The third-order valence-electron chi connectivity index (χ3n) is 3.95. The Morgan fingerprint density at radius 3 is 2.35 bits per heavy atom. The van der Waals surface area contributed by atoms with E-state index in [1.165, 1.54) is 4.88 Å². The molecule has 0 aliphatic carbocycles. The first kappa shape index (κ1) is 18.0. The lowest BCUT2D eigenvalue weighted by atomic mass is 10.1. The fourth-order valence-corrected chi connectivity index (χ4v) is 3.52. The van der Waals surface area contributed by atoms with Crippen molar-refractivity contribution >= 4 is 23.1 Å². The van der Waals surface area contributed by atoms with Gasteiger partial charge >= 0.3 is 5.97 Å². The molecular formula is C21H19NO3S. The van der Waals surface area contributed by atoms with Crippen LogP contribution >= 0.6 is 11.3 Å². The number of hydrogen-bond acceptors (Lipinski definition) is 5. The topological polar surface area (TPSA) is 56.3 Å². The molecule has 0 bridgehead atoms. The number of carbonyl (C=O) groups excluding carboxylic acids is 2. The molecule has 0 amide bonds. The molecule has 0 spiro atoms. The van der Waals surface area contributed by atoms with Gasteiger partial charge in [-0.05, 0) is 25.5 Å². The van der Waals surface area contributed by atoms with Crippen LogP contribution < -0.4 is 0 Å². The van der Waals surface area contributed by atoms with Crippen molar-refractivity contribution in [2.24, 2.45) is 0 Å². The smallest absolute Gasteiger partial charge is 0.338 e. The number of ketones is 1. The Balaban J connectivity index is 1.66. The standard InChI is InChI=1S/C21H19NO3S/c1-3-19-20(22-14(2)26-19)16-9-11-17(12-10-16)21(24)25-13-18(23)15-7-5-4-6-8-15/h4-12H,3,13H2,1-2H3. The molecule has 0 saturated heterocycles. The number of carbonyl (C=O) groups is 2. The highest BCUT2D eigenvalue weighted by molar-refractivity contribution is 7.12. The fraction of sp³-hybridized carbons (Fsp3) is 0.190. The van der Waals surface area contributed by atoms with Crippen molar-refractivity contribution in [3.63, 3.8) is 0 Å². The second kappa shape index (κ2) is 8.06. The lowest BCUT2D eigenvalue weighted by Gasteiger charge is -2.06. The predicted molar refractivity (Wildman–Crippen MR) is 103 cm³/mol. The summed E-state index contributed by atoms with van der Waals surface area (Å²) in [7, 11) is 0. The van der Waals surface area contributed by atoms with E-state index < -0.39 is 5.97 Å². The second-order valence-corrected chi connectivity index (χ2v) is 7.09. The number of Topliss-reactive ketones (excluding diaryl/α,β-unsaturated/α-hetero) is 1. The quantitative estimate of drug-likeness (QED) is 0.468. The van der Waals surface area contributed by atoms with E-state index in [0.29, 0.717) is 11.1 Å². The number of aryl methyl sites for hydroxylation is 2. The zero-order chi connectivity index (χ0) is 18.5. The summed E-state index contributed by atoms with van der Waals surface area (Å²) in [6.07, 6.45) is 0.923. The summed E-state index contributed by atoms with van der Waals surface area (Å²) in [6.45, 7) is 3.82. The van der Waals surface area contributed by atoms with Crippen molar-refractivity contribution in [3.8, 4) is 11.3 Å². The molecule has 0 saturated carbocycles. The number of rotatable bonds is 6. The molecular weight excluding hydrogens is 346 g/mol. The summed E-state index contributed by atoms with van der Waals surface area (Å²) in [5, 5.41) is 1.03. The Morgan fingerprint density at radius 2 is 1.69 bits per heavy atom. The van der Waals surface area contributed by atoms with Crippen molar-refractivity contribution in [1.29, 1.82) is 0 Å². The van der Waals surface area contributed by atoms with E-state index >= 15 is 0 Å². The van der Waals surface area contributed by atoms with Crippen LogP contribution in [-0.2, 0) is 11.2 Å². The van der Waals surface area contributed by atoms with Crippen LogP contribution in [0.5, 0.6) is 0 Å². The third-order valence-corrected chi connectivity index (χ3v) is 5.06. The van der Waals surface area contributed by atoms with Gasteiger partial charge in [-0.25, -0.2) is 9.78 Å². The summed E-state index contributed by atoms with van der Waals surface area (Å²) in [4.78, 5) is 30.0. The van der Waals surface area contributed by atoms with Gasteiger partial charge in [-0.15, -0.1) is 11.3 Å². The van der Waals surface area contributed by atoms with Gasteiger partial charge in [0.15, 0.2) is 12.4 Å². The first-order valence-electron chi connectivity index (χ1n) is 8.40. The van der Waals surface area contributed by atoms with Crippen LogP contribution in [0.3, 0.4) is 0 Å². The number of hydrogen-bond donors (Lipinski definition) is 0. The van der Waals surface area contributed by atoms with Crippen LogP contribution in [0.15, 0.2) is 54.6 Å². The molecule has 2 aromatic carbocycles. The van der Waals surface area contributed by atoms with Crippen LogP contribution in [0, 0.1) is 6.92 Å². The highest BCUT2D eigenvalue weighted by Gasteiger charge is 2.14. The minimum atomic E-state index is -0.508.